The van der Waals surface area contributed by atoms with E-state index in [0.29, 0.717) is 35.1 Å². The van der Waals surface area contributed by atoms with Crippen molar-refractivity contribution in [1.29, 1.82) is 0 Å². The second kappa shape index (κ2) is 6.80. The number of hydrogen-bond donors (Lipinski definition) is 1. The van der Waals surface area contributed by atoms with Crippen molar-refractivity contribution in [3.63, 3.8) is 0 Å². The van der Waals surface area contributed by atoms with Crippen LogP contribution < -0.4 is 5.32 Å². The molecular formula is C18H21ClN6. The van der Waals surface area contributed by atoms with Crippen molar-refractivity contribution in [3.05, 3.63) is 53.3 Å². The molecule has 0 unspecified atom stereocenters. The first kappa shape index (κ1) is 17.4. The Kier molecular flexibility index (Phi) is 4.72. The summed E-state index contributed by atoms with van der Waals surface area (Å²) < 4.78 is 1.76. The van der Waals surface area contributed by atoms with Crippen molar-refractivity contribution < 1.29 is 0 Å². The van der Waals surface area contributed by atoms with E-state index in [1.807, 2.05) is 24.3 Å². The monoisotopic (exact) mass is 356 g/mol. The zero-order valence-electron chi connectivity index (χ0n) is 14.6. The van der Waals surface area contributed by atoms with Gasteiger partial charge in [0, 0.05) is 17.0 Å². The molecule has 1 aromatic carbocycles. The van der Waals surface area contributed by atoms with Crippen molar-refractivity contribution >= 4 is 28.6 Å². The summed E-state index contributed by atoms with van der Waals surface area (Å²) in [6.45, 7) is 11.1. The summed E-state index contributed by atoms with van der Waals surface area (Å²) in [5.41, 5.74) is 2.10. The molecule has 3 aromatic rings. The summed E-state index contributed by atoms with van der Waals surface area (Å²) in [7, 11) is 0. The molecular weight excluding hydrogens is 336 g/mol. The number of benzene rings is 1. The predicted molar refractivity (Wildman–Crippen MR) is 101 cm³/mol. The fraction of sp³-hybridized carbons (Fsp3) is 0.333. The lowest BCUT2D eigenvalue weighted by Crippen LogP contribution is -2.18. The summed E-state index contributed by atoms with van der Waals surface area (Å²) >= 11 is 6.28. The van der Waals surface area contributed by atoms with E-state index in [0.717, 1.165) is 11.4 Å². The number of aromatic nitrogens is 5. The Balaban J connectivity index is 2.11. The molecule has 0 atom stereocenters. The molecule has 0 saturated heterocycles. The third-order valence-electron chi connectivity index (χ3n) is 3.73. The number of nitrogens with one attached hydrogen (secondary N) is 1. The highest BCUT2D eigenvalue weighted by Gasteiger charge is 2.22. The lowest BCUT2D eigenvalue weighted by Gasteiger charge is -2.17. The first-order chi connectivity index (χ1) is 11.9. The van der Waals surface area contributed by atoms with Gasteiger partial charge in [-0.15, -0.1) is 11.7 Å². The van der Waals surface area contributed by atoms with Gasteiger partial charge in [0.2, 0.25) is 0 Å². The summed E-state index contributed by atoms with van der Waals surface area (Å²) in [5.74, 6) is 1.40. The zero-order chi connectivity index (χ0) is 18.0. The normalized spacial score (nSPS) is 11.7. The molecule has 0 radical (unpaired) electrons. The van der Waals surface area contributed by atoms with Gasteiger partial charge in [-0.3, -0.25) is 0 Å². The van der Waals surface area contributed by atoms with Crippen molar-refractivity contribution in [2.75, 3.05) is 11.9 Å². The molecule has 0 fully saturated rings. The third-order valence-corrected chi connectivity index (χ3v) is 4.09. The van der Waals surface area contributed by atoms with Crippen molar-refractivity contribution in [3.8, 4) is 0 Å². The molecule has 0 amide bonds. The van der Waals surface area contributed by atoms with Crippen LogP contribution in [-0.2, 0) is 12.0 Å². The number of anilines is 1. The largest absolute Gasteiger partial charge is 0.365 e. The van der Waals surface area contributed by atoms with Crippen LogP contribution in [0.5, 0.6) is 0 Å². The van der Waals surface area contributed by atoms with Gasteiger partial charge in [-0.25, -0.2) is 14.6 Å². The summed E-state index contributed by atoms with van der Waals surface area (Å²) in [6, 6.07) is 7.69. The highest BCUT2D eigenvalue weighted by Crippen LogP contribution is 2.25. The SMILES string of the molecule is C=CCNc1nc(C(C)(C)C)nc2c1nnn2Cc1ccccc1Cl. The maximum Gasteiger partial charge on any atom is 0.184 e. The van der Waals surface area contributed by atoms with Crippen LogP contribution in [0, 0.1) is 0 Å². The van der Waals surface area contributed by atoms with Gasteiger partial charge in [0.15, 0.2) is 17.0 Å². The van der Waals surface area contributed by atoms with Gasteiger partial charge in [0.25, 0.3) is 0 Å². The Morgan fingerprint density at radius 1 is 1.24 bits per heavy atom. The van der Waals surface area contributed by atoms with Crippen LogP contribution >= 0.6 is 11.6 Å². The van der Waals surface area contributed by atoms with E-state index < -0.39 is 0 Å². The van der Waals surface area contributed by atoms with Gasteiger partial charge in [0.1, 0.15) is 5.82 Å². The van der Waals surface area contributed by atoms with E-state index in [2.05, 4.69) is 48.0 Å². The van der Waals surface area contributed by atoms with E-state index in [4.69, 9.17) is 16.6 Å². The van der Waals surface area contributed by atoms with Crippen LogP contribution in [0.15, 0.2) is 36.9 Å². The minimum Gasteiger partial charge on any atom is -0.365 e. The molecule has 2 aromatic heterocycles. The topological polar surface area (TPSA) is 68.5 Å². The first-order valence-electron chi connectivity index (χ1n) is 8.10. The van der Waals surface area contributed by atoms with E-state index in [-0.39, 0.29) is 5.41 Å². The first-order valence-corrected chi connectivity index (χ1v) is 8.48. The van der Waals surface area contributed by atoms with Gasteiger partial charge >= 0.3 is 0 Å². The standard InChI is InChI=1S/C18H21ClN6/c1-5-10-20-15-14-16(22-17(21-15)18(2,3)4)25(24-23-14)11-12-8-6-7-9-13(12)19/h5-9H,1,10-11H2,2-4H3,(H,20,21,22). The average Bonchev–Trinajstić information content (AvgIpc) is 2.97. The van der Waals surface area contributed by atoms with E-state index in [9.17, 15) is 0 Å². The van der Waals surface area contributed by atoms with Gasteiger partial charge in [0.05, 0.1) is 6.54 Å². The molecule has 0 aliphatic heterocycles. The third kappa shape index (κ3) is 3.64. The molecule has 0 spiro atoms. The van der Waals surface area contributed by atoms with Crippen LogP contribution in [0.3, 0.4) is 0 Å². The average molecular weight is 357 g/mol. The van der Waals surface area contributed by atoms with Crippen molar-refractivity contribution in [2.24, 2.45) is 0 Å². The smallest absolute Gasteiger partial charge is 0.184 e. The zero-order valence-corrected chi connectivity index (χ0v) is 15.4. The Bertz CT molecular complexity index is 910. The lowest BCUT2D eigenvalue weighted by molar-refractivity contribution is 0.546. The molecule has 0 saturated carbocycles. The van der Waals surface area contributed by atoms with Gasteiger partial charge in [-0.1, -0.05) is 61.9 Å². The second-order valence-electron chi connectivity index (χ2n) is 6.83. The second-order valence-corrected chi connectivity index (χ2v) is 7.23. The molecule has 3 rings (SSSR count). The molecule has 2 heterocycles. The highest BCUT2D eigenvalue weighted by atomic mass is 35.5. The van der Waals surface area contributed by atoms with Gasteiger partial charge in [-0.05, 0) is 11.6 Å². The van der Waals surface area contributed by atoms with Crippen molar-refractivity contribution in [2.45, 2.75) is 32.7 Å². The Morgan fingerprint density at radius 3 is 2.68 bits per heavy atom. The number of rotatable bonds is 5. The number of halogens is 1. The molecule has 25 heavy (non-hydrogen) atoms. The number of hydrogen-bond acceptors (Lipinski definition) is 5. The van der Waals surface area contributed by atoms with E-state index >= 15 is 0 Å². The van der Waals surface area contributed by atoms with Crippen molar-refractivity contribution in [1.82, 2.24) is 25.0 Å². The predicted octanol–water partition coefficient (Wildman–Crippen LogP) is 3.82. The lowest BCUT2D eigenvalue weighted by atomic mass is 9.96. The summed E-state index contributed by atoms with van der Waals surface area (Å²) in [6.07, 6.45) is 1.78. The number of nitrogens with zero attached hydrogens (tertiary/aromatic N) is 5. The molecule has 7 heteroatoms. The van der Waals surface area contributed by atoms with Gasteiger partial charge in [-0.2, -0.15) is 0 Å². The fourth-order valence-corrected chi connectivity index (χ4v) is 2.57. The number of fused-ring (bicyclic) bond motifs is 1. The van der Waals surface area contributed by atoms with E-state index in [1.165, 1.54) is 0 Å². The van der Waals surface area contributed by atoms with Crippen LogP contribution in [0.1, 0.15) is 32.2 Å². The van der Waals surface area contributed by atoms with E-state index in [1.54, 1.807) is 10.8 Å². The Labute approximate surface area is 151 Å². The molecule has 0 aliphatic carbocycles. The van der Waals surface area contributed by atoms with Crippen LogP contribution in [0.2, 0.25) is 5.02 Å². The van der Waals surface area contributed by atoms with Crippen LogP contribution in [0.25, 0.3) is 11.2 Å². The Hall–Kier alpha value is -2.47. The molecule has 0 aliphatic rings. The minimum atomic E-state index is -0.196. The molecule has 130 valence electrons. The maximum absolute atomic E-state index is 6.28. The highest BCUT2D eigenvalue weighted by molar-refractivity contribution is 6.31. The van der Waals surface area contributed by atoms with Crippen LogP contribution in [0.4, 0.5) is 5.82 Å². The molecule has 6 nitrogen and oxygen atoms in total. The summed E-state index contributed by atoms with van der Waals surface area (Å²) in [4.78, 5) is 9.35. The molecule has 1 N–H and O–H groups in total. The fourth-order valence-electron chi connectivity index (χ4n) is 2.38. The Morgan fingerprint density at radius 2 is 2.00 bits per heavy atom. The minimum absolute atomic E-state index is 0.196. The quantitative estimate of drug-likeness (QED) is 0.704. The van der Waals surface area contributed by atoms with Gasteiger partial charge < -0.3 is 5.32 Å². The summed E-state index contributed by atoms with van der Waals surface area (Å²) in [5, 5.41) is 12.5. The maximum atomic E-state index is 6.28. The van der Waals surface area contributed by atoms with Crippen LogP contribution in [-0.4, -0.2) is 31.5 Å². The molecule has 0 bridgehead atoms.